The normalized spacial score (nSPS) is 8.11. The van der Waals surface area contributed by atoms with Gasteiger partial charge in [-0.1, -0.05) is 0 Å². The van der Waals surface area contributed by atoms with Crippen LogP contribution in [0.1, 0.15) is 0 Å². The number of guanidine groups is 1. The van der Waals surface area contributed by atoms with Gasteiger partial charge in [0.2, 0.25) is 5.96 Å². The SMILES string of the molecule is NCC(=O)ON=C(N)N. The largest absolute Gasteiger partial charge is 0.367 e. The average molecular weight is 132 g/mol. The number of carbonyl (C=O) groups is 1. The minimum Gasteiger partial charge on any atom is -0.367 e. The molecule has 0 bridgehead atoms. The third-order valence-corrected chi connectivity index (χ3v) is 0.420. The molecule has 6 N–H and O–H groups in total. The van der Waals surface area contributed by atoms with Gasteiger partial charge in [0.05, 0.1) is 6.54 Å². The summed E-state index contributed by atoms with van der Waals surface area (Å²) >= 11 is 0. The molecule has 0 amide bonds. The molecule has 0 rings (SSSR count). The van der Waals surface area contributed by atoms with Crippen molar-refractivity contribution in [1.29, 1.82) is 0 Å². The quantitative estimate of drug-likeness (QED) is 0.169. The predicted molar refractivity (Wildman–Crippen MR) is 31.0 cm³/mol. The summed E-state index contributed by atoms with van der Waals surface area (Å²) in [5.74, 6) is -0.986. The van der Waals surface area contributed by atoms with Crippen LogP contribution in [0.25, 0.3) is 0 Å². The van der Waals surface area contributed by atoms with Crippen LogP contribution in [0.5, 0.6) is 0 Å². The molecule has 0 aromatic rings. The van der Waals surface area contributed by atoms with Crippen molar-refractivity contribution in [2.24, 2.45) is 22.4 Å². The fraction of sp³-hybridized carbons (Fsp3) is 0.333. The van der Waals surface area contributed by atoms with Gasteiger partial charge in [-0.2, -0.15) is 0 Å². The van der Waals surface area contributed by atoms with E-state index in [0.717, 1.165) is 0 Å². The molecule has 0 fully saturated rings. The number of hydrogen-bond donors (Lipinski definition) is 3. The second-order valence-corrected chi connectivity index (χ2v) is 1.18. The Kier molecular flexibility index (Phi) is 3.14. The topological polar surface area (TPSA) is 117 Å². The lowest BCUT2D eigenvalue weighted by Crippen LogP contribution is -2.24. The monoisotopic (exact) mass is 132 g/mol. The lowest BCUT2D eigenvalue weighted by molar-refractivity contribution is -0.141. The van der Waals surface area contributed by atoms with Gasteiger partial charge in [-0.3, -0.25) is 0 Å². The van der Waals surface area contributed by atoms with Gasteiger partial charge in [-0.05, 0) is 5.16 Å². The molecule has 0 radical (unpaired) electrons. The second-order valence-electron chi connectivity index (χ2n) is 1.18. The van der Waals surface area contributed by atoms with Crippen molar-refractivity contribution in [3.8, 4) is 0 Å². The number of nitrogens with zero attached hydrogens (tertiary/aromatic N) is 1. The summed E-state index contributed by atoms with van der Waals surface area (Å²) in [6.07, 6.45) is 0. The molecule has 9 heavy (non-hydrogen) atoms. The Morgan fingerprint density at radius 3 is 2.44 bits per heavy atom. The molecule has 52 valence electrons. The minimum absolute atomic E-state index is 0.239. The Labute approximate surface area is 51.6 Å². The Morgan fingerprint density at radius 1 is 1.56 bits per heavy atom. The van der Waals surface area contributed by atoms with E-state index in [-0.39, 0.29) is 12.5 Å². The fourth-order valence-electron chi connectivity index (χ4n) is 0.141. The van der Waals surface area contributed by atoms with Crippen molar-refractivity contribution in [3.63, 3.8) is 0 Å². The zero-order chi connectivity index (χ0) is 7.28. The number of nitrogens with two attached hydrogens (primary N) is 3. The number of hydrogen-bond acceptors (Lipinski definition) is 4. The zero-order valence-electron chi connectivity index (χ0n) is 4.70. The molecular formula is C3H8N4O2. The van der Waals surface area contributed by atoms with Crippen molar-refractivity contribution < 1.29 is 9.63 Å². The lowest BCUT2D eigenvalue weighted by atomic mass is 10.7. The van der Waals surface area contributed by atoms with Crippen molar-refractivity contribution in [1.82, 2.24) is 0 Å². The molecule has 0 aliphatic rings. The molecule has 0 spiro atoms. The standard InChI is InChI=1S/C3H8N4O2/c4-1-2(8)9-7-3(5)6/h1,4H2,(H4,5,6,7). The third-order valence-electron chi connectivity index (χ3n) is 0.420. The van der Waals surface area contributed by atoms with Crippen LogP contribution in [0.2, 0.25) is 0 Å². The van der Waals surface area contributed by atoms with Crippen LogP contribution in [0.15, 0.2) is 5.16 Å². The summed E-state index contributed by atoms with van der Waals surface area (Å²) in [5, 5.41) is 2.94. The van der Waals surface area contributed by atoms with Crippen LogP contribution in [0.3, 0.4) is 0 Å². The van der Waals surface area contributed by atoms with Gasteiger partial charge in [0.1, 0.15) is 0 Å². The van der Waals surface area contributed by atoms with Gasteiger partial charge < -0.3 is 22.0 Å². The Morgan fingerprint density at radius 2 is 2.11 bits per heavy atom. The van der Waals surface area contributed by atoms with Gasteiger partial charge in [0.15, 0.2) is 0 Å². The molecule has 0 aliphatic heterocycles. The lowest BCUT2D eigenvalue weighted by Gasteiger charge is -1.91. The summed E-state index contributed by atoms with van der Waals surface area (Å²) in [6, 6.07) is 0. The van der Waals surface area contributed by atoms with E-state index >= 15 is 0 Å². The highest BCUT2D eigenvalue weighted by Crippen LogP contribution is 1.73. The van der Waals surface area contributed by atoms with Crippen LogP contribution in [0.4, 0.5) is 0 Å². The van der Waals surface area contributed by atoms with Crippen LogP contribution in [-0.2, 0) is 9.63 Å². The fourth-order valence-corrected chi connectivity index (χ4v) is 0.141. The van der Waals surface area contributed by atoms with Gasteiger partial charge >= 0.3 is 5.97 Å². The summed E-state index contributed by atoms with van der Waals surface area (Å²) in [5.41, 5.74) is 14.4. The average Bonchev–Trinajstić information content (AvgIpc) is 1.83. The first-order valence-corrected chi connectivity index (χ1v) is 2.15. The second kappa shape index (κ2) is 3.67. The number of carbonyl (C=O) groups excluding carboxylic acids is 1. The maximum absolute atomic E-state index is 10.2. The molecule has 0 aromatic heterocycles. The Bertz CT molecular complexity index is 128. The molecule has 0 saturated heterocycles. The highest BCUT2D eigenvalue weighted by atomic mass is 16.7. The molecule has 0 saturated carbocycles. The first-order valence-electron chi connectivity index (χ1n) is 2.15. The van der Waals surface area contributed by atoms with E-state index in [1.54, 1.807) is 0 Å². The highest BCUT2D eigenvalue weighted by molar-refractivity contribution is 5.77. The molecule has 6 heteroatoms. The summed E-state index contributed by atoms with van der Waals surface area (Å²) < 4.78 is 0. The van der Waals surface area contributed by atoms with Crippen LogP contribution >= 0.6 is 0 Å². The smallest absolute Gasteiger partial charge is 0.348 e. The number of oxime groups is 1. The molecular weight excluding hydrogens is 124 g/mol. The van der Waals surface area contributed by atoms with Crippen molar-refractivity contribution in [2.45, 2.75) is 0 Å². The third kappa shape index (κ3) is 4.56. The van der Waals surface area contributed by atoms with Gasteiger partial charge in [-0.15, -0.1) is 0 Å². The number of rotatable bonds is 2. The van der Waals surface area contributed by atoms with Gasteiger partial charge in [0.25, 0.3) is 0 Å². The zero-order valence-corrected chi connectivity index (χ0v) is 4.70. The molecule has 0 heterocycles. The van der Waals surface area contributed by atoms with E-state index in [2.05, 4.69) is 9.99 Å². The van der Waals surface area contributed by atoms with Gasteiger partial charge in [-0.25, -0.2) is 4.79 Å². The van der Waals surface area contributed by atoms with Crippen molar-refractivity contribution in [2.75, 3.05) is 6.54 Å². The van der Waals surface area contributed by atoms with E-state index in [1.807, 2.05) is 0 Å². The molecule has 0 aliphatic carbocycles. The molecule has 6 nitrogen and oxygen atoms in total. The predicted octanol–water partition coefficient (Wildman–Crippen LogP) is -2.32. The summed E-state index contributed by atoms with van der Waals surface area (Å²) in [7, 11) is 0. The maximum atomic E-state index is 10.2. The molecule has 0 atom stereocenters. The summed E-state index contributed by atoms with van der Waals surface area (Å²) in [4.78, 5) is 14.2. The van der Waals surface area contributed by atoms with Crippen LogP contribution < -0.4 is 17.2 Å². The van der Waals surface area contributed by atoms with Gasteiger partial charge in [0, 0.05) is 0 Å². The van der Waals surface area contributed by atoms with Crippen molar-refractivity contribution >= 4 is 11.9 Å². The van der Waals surface area contributed by atoms with E-state index in [1.165, 1.54) is 0 Å². The van der Waals surface area contributed by atoms with E-state index in [9.17, 15) is 4.79 Å². The van der Waals surface area contributed by atoms with E-state index < -0.39 is 5.97 Å². The minimum atomic E-state index is -0.677. The highest BCUT2D eigenvalue weighted by Gasteiger charge is 1.94. The molecule has 0 aromatic carbocycles. The molecule has 0 unspecified atom stereocenters. The first-order chi connectivity index (χ1) is 4.16. The van der Waals surface area contributed by atoms with Crippen LogP contribution in [0, 0.1) is 0 Å². The summed E-state index contributed by atoms with van der Waals surface area (Å²) in [6.45, 7) is -0.239. The Hall–Kier alpha value is -1.30. The van der Waals surface area contributed by atoms with Crippen molar-refractivity contribution in [3.05, 3.63) is 0 Å². The van der Waals surface area contributed by atoms with E-state index in [0.29, 0.717) is 0 Å². The van der Waals surface area contributed by atoms with Crippen LogP contribution in [-0.4, -0.2) is 18.5 Å². The first kappa shape index (κ1) is 7.70. The Balaban J connectivity index is 3.50. The van der Waals surface area contributed by atoms with E-state index in [4.69, 9.17) is 17.2 Å². The maximum Gasteiger partial charge on any atom is 0.348 e.